The molecule has 1 fully saturated rings. The first-order valence-corrected chi connectivity index (χ1v) is 7.77. The highest BCUT2D eigenvalue weighted by molar-refractivity contribution is 5.77. The van der Waals surface area contributed by atoms with Crippen molar-refractivity contribution in [3.8, 4) is 11.8 Å². The Morgan fingerprint density at radius 1 is 1.27 bits per heavy atom. The number of ether oxygens (including phenoxy) is 1. The molecule has 0 N–H and O–H groups in total. The van der Waals surface area contributed by atoms with Crippen LogP contribution in [0.1, 0.15) is 25.7 Å². The lowest BCUT2D eigenvalue weighted by Crippen LogP contribution is -2.27. The van der Waals surface area contributed by atoms with Crippen molar-refractivity contribution in [3.05, 3.63) is 28.7 Å². The molecule has 5 heteroatoms. The molecule has 0 aliphatic heterocycles. The fourth-order valence-electron chi connectivity index (χ4n) is 3.43. The molecule has 0 radical (unpaired) electrons. The van der Waals surface area contributed by atoms with E-state index in [1.165, 1.54) is 0 Å². The molecule has 3 rings (SSSR count). The van der Waals surface area contributed by atoms with Gasteiger partial charge in [0.05, 0.1) is 24.2 Å². The Labute approximate surface area is 129 Å². The first-order chi connectivity index (χ1) is 10.6. The van der Waals surface area contributed by atoms with Gasteiger partial charge in [0.25, 0.3) is 0 Å². The highest BCUT2D eigenvalue weighted by Gasteiger charge is 2.23. The van der Waals surface area contributed by atoms with Crippen molar-refractivity contribution in [2.45, 2.75) is 32.2 Å². The largest absolute Gasteiger partial charge is 0.497 e. The van der Waals surface area contributed by atoms with Crippen LogP contribution >= 0.6 is 0 Å². The highest BCUT2D eigenvalue weighted by atomic mass is 16.5. The van der Waals surface area contributed by atoms with Crippen LogP contribution in [0.5, 0.6) is 5.75 Å². The van der Waals surface area contributed by atoms with Gasteiger partial charge in [-0.25, -0.2) is 4.79 Å². The van der Waals surface area contributed by atoms with Crippen molar-refractivity contribution in [1.29, 1.82) is 5.26 Å². The summed E-state index contributed by atoms with van der Waals surface area (Å²) in [6, 6.07) is 8.10. The molecule has 0 amide bonds. The van der Waals surface area contributed by atoms with Gasteiger partial charge < -0.3 is 4.74 Å². The first-order valence-electron chi connectivity index (χ1n) is 7.77. The highest BCUT2D eigenvalue weighted by Crippen LogP contribution is 2.30. The van der Waals surface area contributed by atoms with Crippen LogP contribution in [0.4, 0.5) is 0 Å². The minimum atomic E-state index is 0.0191. The molecule has 0 atom stereocenters. The average Bonchev–Trinajstić information content (AvgIpc) is 2.80. The second-order valence-corrected chi connectivity index (χ2v) is 6.15. The maximum absolute atomic E-state index is 12.5. The number of hydrogen-bond acceptors (Lipinski definition) is 3. The van der Waals surface area contributed by atoms with Gasteiger partial charge in [0.1, 0.15) is 5.75 Å². The minimum Gasteiger partial charge on any atom is -0.497 e. The normalized spacial score (nSPS) is 21.7. The summed E-state index contributed by atoms with van der Waals surface area (Å²) >= 11 is 0. The molecule has 0 bridgehead atoms. The van der Waals surface area contributed by atoms with E-state index in [9.17, 15) is 4.79 Å². The predicted octanol–water partition coefficient (Wildman–Crippen LogP) is 2.68. The lowest BCUT2D eigenvalue weighted by atomic mass is 9.83. The number of methoxy groups -OCH3 is 1. The van der Waals surface area contributed by atoms with E-state index >= 15 is 0 Å². The lowest BCUT2D eigenvalue weighted by Gasteiger charge is -2.24. The van der Waals surface area contributed by atoms with E-state index in [0.717, 1.165) is 49.0 Å². The average molecular weight is 299 g/mol. The third kappa shape index (κ3) is 2.50. The van der Waals surface area contributed by atoms with Gasteiger partial charge >= 0.3 is 5.69 Å². The number of rotatable bonds is 3. The molecule has 1 aromatic heterocycles. The zero-order valence-corrected chi connectivity index (χ0v) is 13.1. The molecule has 116 valence electrons. The summed E-state index contributed by atoms with van der Waals surface area (Å²) in [5, 5.41) is 8.99. The van der Waals surface area contributed by atoms with Crippen LogP contribution in [-0.2, 0) is 13.6 Å². The number of benzene rings is 1. The molecule has 1 aromatic carbocycles. The van der Waals surface area contributed by atoms with Crippen LogP contribution in [0.3, 0.4) is 0 Å². The topological polar surface area (TPSA) is 60.0 Å². The zero-order chi connectivity index (χ0) is 15.7. The van der Waals surface area contributed by atoms with Crippen LogP contribution < -0.4 is 10.4 Å². The molecular formula is C17H21N3O2. The Balaban J connectivity index is 1.92. The Morgan fingerprint density at radius 2 is 2.00 bits per heavy atom. The molecule has 2 aromatic rings. The van der Waals surface area contributed by atoms with Crippen molar-refractivity contribution in [2.24, 2.45) is 18.9 Å². The summed E-state index contributed by atoms with van der Waals surface area (Å²) in [7, 11) is 3.44. The minimum absolute atomic E-state index is 0.0191. The van der Waals surface area contributed by atoms with Gasteiger partial charge in [0.15, 0.2) is 0 Å². The van der Waals surface area contributed by atoms with E-state index in [1.807, 2.05) is 22.8 Å². The fraction of sp³-hybridized carbons (Fsp3) is 0.529. The van der Waals surface area contributed by atoms with Gasteiger partial charge in [-0.2, -0.15) is 5.26 Å². The zero-order valence-electron chi connectivity index (χ0n) is 13.1. The van der Waals surface area contributed by atoms with E-state index in [0.29, 0.717) is 5.92 Å². The van der Waals surface area contributed by atoms with Crippen LogP contribution in [-0.4, -0.2) is 16.2 Å². The van der Waals surface area contributed by atoms with Crippen molar-refractivity contribution >= 4 is 11.0 Å². The fourth-order valence-corrected chi connectivity index (χ4v) is 3.43. The summed E-state index contributed by atoms with van der Waals surface area (Å²) in [6.45, 7) is 0.724. The monoisotopic (exact) mass is 299 g/mol. The third-order valence-electron chi connectivity index (χ3n) is 4.82. The summed E-state index contributed by atoms with van der Waals surface area (Å²) in [4.78, 5) is 12.5. The van der Waals surface area contributed by atoms with Crippen molar-refractivity contribution in [3.63, 3.8) is 0 Å². The summed E-state index contributed by atoms with van der Waals surface area (Å²) in [5.41, 5.74) is 1.87. The van der Waals surface area contributed by atoms with E-state index < -0.39 is 0 Å². The number of hydrogen-bond donors (Lipinski definition) is 0. The lowest BCUT2D eigenvalue weighted by molar-refractivity contribution is 0.284. The van der Waals surface area contributed by atoms with Crippen LogP contribution in [0, 0.1) is 23.2 Å². The molecule has 0 saturated heterocycles. The van der Waals surface area contributed by atoms with Crippen LogP contribution in [0.15, 0.2) is 23.0 Å². The van der Waals surface area contributed by atoms with Gasteiger partial charge in [-0.15, -0.1) is 0 Å². The van der Waals surface area contributed by atoms with E-state index in [-0.39, 0.29) is 11.6 Å². The first kappa shape index (κ1) is 14.7. The number of aromatic nitrogens is 2. The number of aryl methyl sites for hydroxylation is 1. The Hall–Kier alpha value is -2.22. The second-order valence-electron chi connectivity index (χ2n) is 6.15. The smallest absolute Gasteiger partial charge is 0.328 e. The number of nitrogens with zero attached hydrogens (tertiary/aromatic N) is 3. The molecule has 1 heterocycles. The van der Waals surface area contributed by atoms with E-state index in [1.54, 1.807) is 18.7 Å². The predicted molar refractivity (Wildman–Crippen MR) is 84.8 cm³/mol. The maximum Gasteiger partial charge on any atom is 0.328 e. The van der Waals surface area contributed by atoms with Gasteiger partial charge in [0.2, 0.25) is 0 Å². The molecule has 0 spiro atoms. The SMILES string of the molecule is COc1ccc2c(c1)n(CC1CCC(C#N)CC1)c(=O)n2C. The number of fused-ring (bicyclic) bond motifs is 1. The molecule has 1 aliphatic carbocycles. The maximum atomic E-state index is 12.5. The van der Waals surface area contributed by atoms with Crippen molar-refractivity contribution < 1.29 is 4.74 Å². The Bertz CT molecular complexity index is 774. The molecule has 0 unspecified atom stereocenters. The number of nitriles is 1. The Kier molecular flexibility index (Phi) is 3.93. The summed E-state index contributed by atoms with van der Waals surface area (Å²) < 4.78 is 8.83. The van der Waals surface area contributed by atoms with Gasteiger partial charge in [-0.3, -0.25) is 9.13 Å². The van der Waals surface area contributed by atoms with Crippen LogP contribution in [0.2, 0.25) is 0 Å². The molecular weight excluding hydrogens is 278 g/mol. The number of imidazole rings is 1. The Morgan fingerprint density at radius 3 is 2.64 bits per heavy atom. The van der Waals surface area contributed by atoms with Gasteiger partial charge in [0, 0.05) is 25.6 Å². The van der Waals surface area contributed by atoms with Gasteiger partial charge in [-0.1, -0.05) is 0 Å². The molecule has 22 heavy (non-hydrogen) atoms. The summed E-state index contributed by atoms with van der Waals surface area (Å²) in [6.07, 6.45) is 3.93. The molecule has 1 aliphatic rings. The van der Waals surface area contributed by atoms with Crippen molar-refractivity contribution in [2.75, 3.05) is 7.11 Å². The quantitative estimate of drug-likeness (QED) is 0.875. The van der Waals surface area contributed by atoms with Crippen LogP contribution in [0.25, 0.3) is 11.0 Å². The van der Waals surface area contributed by atoms with E-state index in [2.05, 4.69) is 6.07 Å². The van der Waals surface area contributed by atoms with Gasteiger partial charge in [-0.05, 0) is 43.7 Å². The standard InChI is InChI=1S/C17H21N3O2/c1-19-15-8-7-14(22-2)9-16(15)20(17(19)21)11-13-5-3-12(10-18)4-6-13/h7-9,12-13H,3-6,11H2,1-2H3. The molecule has 5 nitrogen and oxygen atoms in total. The second kappa shape index (κ2) is 5.88. The third-order valence-corrected chi connectivity index (χ3v) is 4.82. The summed E-state index contributed by atoms with van der Waals surface area (Å²) in [5.74, 6) is 1.43. The van der Waals surface area contributed by atoms with E-state index in [4.69, 9.17) is 10.00 Å². The van der Waals surface area contributed by atoms with Crippen molar-refractivity contribution in [1.82, 2.24) is 9.13 Å². The molecule has 1 saturated carbocycles.